The molecular weight excluding hydrogens is 243 g/mol. The van der Waals surface area contributed by atoms with Crippen LogP contribution < -0.4 is 5.32 Å². The van der Waals surface area contributed by atoms with E-state index in [2.05, 4.69) is 10.3 Å². The number of ketones is 1. The second-order valence-corrected chi connectivity index (χ2v) is 4.55. The summed E-state index contributed by atoms with van der Waals surface area (Å²) < 4.78 is 13.7. The van der Waals surface area contributed by atoms with Crippen LogP contribution in [0.5, 0.6) is 0 Å². The van der Waals surface area contributed by atoms with Gasteiger partial charge in [-0.05, 0) is 30.2 Å². The molecule has 3 rings (SSSR count). The van der Waals surface area contributed by atoms with Crippen molar-refractivity contribution in [3.8, 4) is 0 Å². The Balaban J connectivity index is 2.08. The molecule has 0 aliphatic carbocycles. The number of halogens is 1. The molecule has 0 saturated heterocycles. The first-order chi connectivity index (χ1) is 9.27. The average molecular weight is 256 g/mol. The Kier molecular flexibility index (Phi) is 3.09. The predicted octanol–water partition coefficient (Wildman–Crippen LogP) is 2.10. The molecule has 2 aromatic rings. The first kappa shape index (κ1) is 12.0. The first-order valence-electron chi connectivity index (χ1n) is 6.23. The van der Waals surface area contributed by atoms with E-state index in [4.69, 9.17) is 0 Å². The summed E-state index contributed by atoms with van der Waals surface area (Å²) in [6.07, 6.45) is 3.31. The monoisotopic (exact) mass is 256 g/mol. The van der Waals surface area contributed by atoms with Crippen LogP contribution in [0.2, 0.25) is 0 Å². The second kappa shape index (κ2) is 4.90. The number of carbonyl (C=O) groups excluding carboxylic acids is 1. The van der Waals surface area contributed by atoms with Crippen LogP contribution in [0.1, 0.15) is 27.0 Å². The summed E-state index contributed by atoms with van der Waals surface area (Å²) in [4.78, 5) is 16.1. The Labute approximate surface area is 110 Å². The molecule has 2 heterocycles. The van der Waals surface area contributed by atoms with Crippen LogP contribution in [-0.2, 0) is 13.0 Å². The fourth-order valence-corrected chi connectivity index (χ4v) is 2.45. The van der Waals surface area contributed by atoms with Crippen LogP contribution in [0.4, 0.5) is 4.39 Å². The number of nitrogens with zero attached hydrogens (tertiary/aromatic N) is 1. The van der Waals surface area contributed by atoms with Crippen molar-refractivity contribution in [2.75, 3.05) is 6.54 Å². The molecule has 0 atom stereocenters. The van der Waals surface area contributed by atoms with Crippen molar-refractivity contribution >= 4 is 5.78 Å². The highest BCUT2D eigenvalue weighted by atomic mass is 19.1. The highest BCUT2D eigenvalue weighted by Crippen LogP contribution is 2.22. The van der Waals surface area contributed by atoms with Crippen molar-refractivity contribution in [2.45, 2.75) is 13.0 Å². The summed E-state index contributed by atoms with van der Waals surface area (Å²) in [6, 6.07) is 7.05. The molecule has 0 bridgehead atoms. The van der Waals surface area contributed by atoms with Gasteiger partial charge < -0.3 is 5.32 Å². The van der Waals surface area contributed by atoms with Gasteiger partial charge in [-0.1, -0.05) is 18.2 Å². The summed E-state index contributed by atoms with van der Waals surface area (Å²) in [5, 5.41) is 3.26. The van der Waals surface area contributed by atoms with Gasteiger partial charge in [0.25, 0.3) is 0 Å². The van der Waals surface area contributed by atoms with Crippen LogP contribution >= 0.6 is 0 Å². The van der Waals surface area contributed by atoms with Gasteiger partial charge in [0, 0.05) is 18.3 Å². The number of fused-ring (bicyclic) bond motifs is 1. The SMILES string of the molecule is O=C(c1ccncc1F)c1cccc2c1CCNC2. The van der Waals surface area contributed by atoms with Crippen LogP contribution in [0.3, 0.4) is 0 Å². The minimum Gasteiger partial charge on any atom is -0.312 e. The standard InChI is InChI=1S/C15H13FN2O/c16-14-9-18-7-5-13(14)15(19)12-3-1-2-10-8-17-6-4-11(10)12/h1-3,5,7,9,17H,4,6,8H2. The number of benzene rings is 1. The normalized spacial score (nSPS) is 13.9. The lowest BCUT2D eigenvalue weighted by Crippen LogP contribution is -2.25. The number of carbonyl (C=O) groups is 1. The first-order valence-corrected chi connectivity index (χ1v) is 6.23. The van der Waals surface area contributed by atoms with Crippen molar-refractivity contribution in [1.29, 1.82) is 0 Å². The van der Waals surface area contributed by atoms with Crippen molar-refractivity contribution in [3.05, 3.63) is 64.7 Å². The van der Waals surface area contributed by atoms with Gasteiger partial charge in [0.05, 0.1) is 11.8 Å². The van der Waals surface area contributed by atoms with E-state index in [1.165, 1.54) is 12.3 Å². The highest BCUT2D eigenvalue weighted by molar-refractivity contribution is 6.10. The largest absolute Gasteiger partial charge is 0.312 e. The van der Waals surface area contributed by atoms with Crippen molar-refractivity contribution < 1.29 is 9.18 Å². The molecule has 1 aliphatic rings. The molecular formula is C15H13FN2O. The van der Waals surface area contributed by atoms with E-state index in [1.807, 2.05) is 12.1 Å². The zero-order chi connectivity index (χ0) is 13.2. The molecule has 19 heavy (non-hydrogen) atoms. The Morgan fingerprint density at radius 3 is 3.00 bits per heavy atom. The molecule has 1 aliphatic heterocycles. The minimum absolute atomic E-state index is 0.0851. The summed E-state index contributed by atoms with van der Waals surface area (Å²) in [5.74, 6) is -0.835. The Morgan fingerprint density at radius 2 is 2.16 bits per heavy atom. The third-order valence-corrected chi connectivity index (χ3v) is 3.40. The van der Waals surface area contributed by atoms with Crippen LogP contribution in [0.25, 0.3) is 0 Å². The van der Waals surface area contributed by atoms with Crippen molar-refractivity contribution in [3.63, 3.8) is 0 Å². The highest BCUT2D eigenvalue weighted by Gasteiger charge is 2.20. The number of pyridine rings is 1. The lowest BCUT2D eigenvalue weighted by molar-refractivity contribution is 0.103. The van der Waals surface area contributed by atoms with E-state index in [9.17, 15) is 9.18 Å². The molecule has 0 spiro atoms. The fraction of sp³-hybridized carbons (Fsp3) is 0.200. The smallest absolute Gasteiger partial charge is 0.196 e. The Bertz CT molecular complexity index is 640. The zero-order valence-electron chi connectivity index (χ0n) is 10.3. The van der Waals surface area contributed by atoms with Gasteiger partial charge in [-0.15, -0.1) is 0 Å². The molecule has 0 radical (unpaired) electrons. The molecule has 3 nitrogen and oxygen atoms in total. The van der Waals surface area contributed by atoms with E-state index < -0.39 is 5.82 Å². The molecule has 1 aromatic heterocycles. The maximum Gasteiger partial charge on any atom is 0.196 e. The molecule has 0 saturated carbocycles. The van der Waals surface area contributed by atoms with E-state index in [0.29, 0.717) is 5.56 Å². The molecule has 0 fully saturated rings. The van der Waals surface area contributed by atoms with Crippen LogP contribution in [0, 0.1) is 5.82 Å². The van der Waals surface area contributed by atoms with E-state index in [1.54, 1.807) is 6.07 Å². The average Bonchev–Trinajstić information content (AvgIpc) is 2.46. The third-order valence-electron chi connectivity index (χ3n) is 3.40. The Morgan fingerprint density at radius 1 is 1.26 bits per heavy atom. The van der Waals surface area contributed by atoms with Crippen molar-refractivity contribution in [2.24, 2.45) is 0 Å². The second-order valence-electron chi connectivity index (χ2n) is 4.55. The molecule has 4 heteroatoms. The minimum atomic E-state index is -0.570. The number of rotatable bonds is 2. The van der Waals surface area contributed by atoms with Gasteiger partial charge in [-0.25, -0.2) is 4.39 Å². The number of hydrogen-bond acceptors (Lipinski definition) is 3. The van der Waals surface area contributed by atoms with E-state index in [-0.39, 0.29) is 11.3 Å². The van der Waals surface area contributed by atoms with Crippen molar-refractivity contribution in [1.82, 2.24) is 10.3 Å². The molecule has 96 valence electrons. The molecule has 0 amide bonds. The summed E-state index contributed by atoms with van der Waals surface area (Å²) in [5.41, 5.74) is 2.83. The van der Waals surface area contributed by atoms with Gasteiger partial charge in [0.15, 0.2) is 11.6 Å². The summed E-state index contributed by atoms with van der Waals surface area (Å²) in [6.45, 7) is 1.60. The van der Waals surface area contributed by atoms with Gasteiger partial charge in [-0.2, -0.15) is 0 Å². The number of hydrogen-bond donors (Lipinski definition) is 1. The Hall–Kier alpha value is -2.07. The number of nitrogens with one attached hydrogen (secondary N) is 1. The predicted molar refractivity (Wildman–Crippen MR) is 69.5 cm³/mol. The maximum absolute atomic E-state index is 13.7. The lowest BCUT2D eigenvalue weighted by Gasteiger charge is -2.19. The molecule has 0 unspecified atom stereocenters. The van der Waals surface area contributed by atoms with Gasteiger partial charge in [0.1, 0.15) is 0 Å². The fourth-order valence-electron chi connectivity index (χ4n) is 2.45. The topological polar surface area (TPSA) is 42.0 Å². The van der Waals surface area contributed by atoms with E-state index in [0.717, 1.165) is 36.8 Å². The van der Waals surface area contributed by atoms with Crippen LogP contribution in [0.15, 0.2) is 36.7 Å². The molecule has 1 N–H and O–H groups in total. The quantitative estimate of drug-likeness (QED) is 0.837. The summed E-state index contributed by atoms with van der Waals surface area (Å²) >= 11 is 0. The third kappa shape index (κ3) is 2.15. The lowest BCUT2D eigenvalue weighted by atomic mass is 9.91. The zero-order valence-corrected chi connectivity index (χ0v) is 10.3. The van der Waals surface area contributed by atoms with Gasteiger partial charge in [-0.3, -0.25) is 9.78 Å². The summed E-state index contributed by atoms with van der Waals surface area (Å²) in [7, 11) is 0. The number of aromatic nitrogens is 1. The van der Waals surface area contributed by atoms with E-state index >= 15 is 0 Å². The van der Waals surface area contributed by atoms with Gasteiger partial charge in [0.2, 0.25) is 0 Å². The molecule has 1 aromatic carbocycles. The maximum atomic E-state index is 13.7. The van der Waals surface area contributed by atoms with Gasteiger partial charge >= 0.3 is 0 Å². The van der Waals surface area contributed by atoms with Crippen LogP contribution in [-0.4, -0.2) is 17.3 Å².